The van der Waals surface area contributed by atoms with Crippen molar-refractivity contribution in [1.82, 2.24) is 0 Å². The molecule has 0 aliphatic heterocycles. The number of hydrogen-bond donors (Lipinski definition) is 0. The first-order valence-corrected chi connectivity index (χ1v) is 12.6. The van der Waals surface area contributed by atoms with Crippen LogP contribution in [0, 0.1) is 6.92 Å². The van der Waals surface area contributed by atoms with E-state index in [0.29, 0.717) is 0 Å². The van der Waals surface area contributed by atoms with Crippen LogP contribution in [0.3, 0.4) is 0 Å². The Kier molecular flexibility index (Phi) is 10.1. The van der Waals surface area contributed by atoms with Crippen molar-refractivity contribution < 1.29 is 9.47 Å². The van der Waals surface area contributed by atoms with Crippen molar-refractivity contribution >= 4 is 22.6 Å². The van der Waals surface area contributed by atoms with E-state index in [1.54, 1.807) is 0 Å². The van der Waals surface area contributed by atoms with Crippen LogP contribution in [0.4, 0.5) is 0 Å². The van der Waals surface area contributed by atoms with Gasteiger partial charge >= 0.3 is 0 Å². The molecule has 0 amide bonds. The van der Waals surface area contributed by atoms with E-state index in [1.807, 2.05) is 31.2 Å². The molecule has 2 aromatic carbocycles. The molecule has 0 saturated heterocycles. The highest BCUT2D eigenvalue weighted by Crippen LogP contribution is 2.31. The molecule has 2 aromatic rings. The third-order valence-corrected chi connectivity index (χ3v) is 6.86. The third-order valence-electron chi connectivity index (χ3n) is 5.89. The van der Waals surface area contributed by atoms with Gasteiger partial charge in [0.1, 0.15) is 17.1 Å². The summed E-state index contributed by atoms with van der Waals surface area (Å²) in [4.78, 5) is 0. The maximum Gasteiger partial charge on any atom is 0.174 e. The zero-order valence-electron chi connectivity index (χ0n) is 20.4. The maximum absolute atomic E-state index is 6.34. The number of allylic oxidation sites excluding steroid dienone is 4. The first-order valence-electron chi connectivity index (χ1n) is 11.4. The number of aryl methyl sites for hydroxylation is 1. The Labute approximate surface area is 208 Å². The lowest BCUT2D eigenvalue weighted by Gasteiger charge is -2.30. The number of alkyl halides is 1. The molecule has 2 nitrogen and oxygen atoms in total. The van der Waals surface area contributed by atoms with Gasteiger partial charge in [-0.2, -0.15) is 0 Å². The molecule has 1 unspecified atom stereocenters. The molecule has 0 aromatic heterocycles. The van der Waals surface area contributed by atoms with Crippen LogP contribution >= 0.6 is 22.6 Å². The second-order valence-corrected chi connectivity index (χ2v) is 9.65. The molecule has 1 atom stereocenters. The molecule has 3 heteroatoms. The van der Waals surface area contributed by atoms with Crippen molar-refractivity contribution in [2.45, 2.75) is 70.5 Å². The normalized spacial score (nSPS) is 13.6. The second kappa shape index (κ2) is 12.3. The highest BCUT2D eigenvalue weighted by molar-refractivity contribution is 14.1. The van der Waals surface area contributed by atoms with Crippen LogP contribution in [0.2, 0.25) is 0 Å². The van der Waals surface area contributed by atoms with Crippen molar-refractivity contribution in [3.05, 3.63) is 101 Å². The van der Waals surface area contributed by atoms with E-state index in [1.165, 1.54) is 5.56 Å². The van der Waals surface area contributed by atoms with E-state index in [2.05, 4.69) is 100 Å². The van der Waals surface area contributed by atoms with Crippen LogP contribution in [0.25, 0.3) is 0 Å². The smallest absolute Gasteiger partial charge is 0.174 e. The predicted octanol–water partition coefficient (Wildman–Crippen LogP) is 9.05. The van der Waals surface area contributed by atoms with Crippen molar-refractivity contribution in [2.75, 3.05) is 0 Å². The van der Waals surface area contributed by atoms with Crippen LogP contribution in [0.5, 0.6) is 5.75 Å². The van der Waals surface area contributed by atoms with Crippen molar-refractivity contribution in [2.24, 2.45) is 0 Å². The quantitative estimate of drug-likeness (QED) is 0.122. The van der Waals surface area contributed by atoms with Crippen LogP contribution < -0.4 is 4.74 Å². The molecular formula is C29H37IO2. The lowest BCUT2D eigenvalue weighted by molar-refractivity contribution is 0.0154. The summed E-state index contributed by atoms with van der Waals surface area (Å²) in [5, 5.41) is 0. The number of halogens is 1. The minimum atomic E-state index is -0.137. The Balaban J connectivity index is 2.05. The number of hydrogen-bond acceptors (Lipinski definition) is 2. The summed E-state index contributed by atoms with van der Waals surface area (Å²) in [6.07, 6.45) is 6.93. The van der Waals surface area contributed by atoms with E-state index in [4.69, 9.17) is 9.47 Å². The van der Waals surface area contributed by atoms with Crippen molar-refractivity contribution in [3.63, 3.8) is 0 Å². The first-order chi connectivity index (χ1) is 15.2. The average Bonchev–Trinajstić information content (AvgIpc) is 2.79. The van der Waals surface area contributed by atoms with Gasteiger partial charge in [0.15, 0.2) is 4.11 Å². The van der Waals surface area contributed by atoms with Gasteiger partial charge in [0.25, 0.3) is 0 Å². The van der Waals surface area contributed by atoms with E-state index < -0.39 is 0 Å². The van der Waals surface area contributed by atoms with Gasteiger partial charge in [-0.3, -0.25) is 0 Å². The SMILES string of the molecule is C=C(/C=C(C)\C(=C/C)OC(C)(CC)CC)Cc1ccc(OC(I)c2ccccc2)c(C)c1. The Morgan fingerprint density at radius 3 is 2.34 bits per heavy atom. The highest BCUT2D eigenvalue weighted by atomic mass is 127. The molecule has 0 N–H and O–H groups in total. The minimum Gasteiger partial charge on any atom is -0.488 e. The fraction of sp³-hybridized carbons (Fsp3) is 0.379. The predicted molar refractivity (Wildman–Crippen MR) is 145 cm³/mol. The van der Waals surface area contributed by atoms with Crippen LogP contribution in [0.15, 0.2) is 84.2 Å². The molecule has 0 saturated carbocycles. The zero-order chi connectivity index (χ0) is 23.7. The van der Waals surface area contributed by atoms with Gasteiger partial charge in [-0.15, -0.1) is 0 Å². The van der Waals surface area contributed by atoms with E-state index in [0.717, 1.165) is 53.0 Å². The van der Waals surface area contributed by atoms with Gasteiger partial charge in [-0.05, 0) is 98.4 Å². The summed E-state index contributed by atoms with van der Waals surface area (Å²) in [6.45, 7) is 17.0. The molecule has 0 bridgehead atoms. The molecule has 0 aliphatic rings. The average molecular weight is 545 g/mol. The summed E-state index contributed by atoms with van der Waals surface area (Å²) < 4.78 is 12.5. The van der Waals surface area contributed by atoms with Crippen LogP contribution in [-0.2, 0) is 11.2 Å². The van der Waals surface area contributed by atoms with E-state index >= 15 is 0 Å². The number of rotatable bonds is 11. The van der Waals surface area contributed by atoms with Crippen LogP contribution in [0.1, 0.15) is 68.3 Å². The van der Waals surface area contributed by atoms with Gasteiger partial charge in [-0.25, -0.2) is 0 Å². The standard InChI is InChI=1S/C29H37IO2/c1-8-26(32-29(7,9-2)10-3)22(5)18-21(4)19-24-16-17-27(23(6)20-24)31-28(30)25-14-12-11-13-15-25/h8,11-18,20,28H,4,9-10,19H2,1-3,5-7H3/b22-18-,26-8+. The maximum atomic E-state index is 6.34. The minimum absolute atomic E-state index is 0.0184. The molecule has 0 radical (unpaired) electrons. The van der Waals surface area contributed by atoms with Crippen molar-refractivity contribution in [1.29, 1.82) is 0 Å². The second-order valence-electron chi connectivity index (χ2n) is 8.52. The molecule has 0 spiro atoms. The van der Waals surface area contributed by atoms with Crippen LogP contribution in [-0.4, -0.2) is 5.60 Å². The summed E-state index contributed by atoms with van der Waals surface area (Å²) >= 11 is 2.33. The Bertz CT molecular complexity index is 952. The molecule has 0 heterocycles. The molecule has 32 heavy (non-hydrogen) atoms. The number of ether oxygens (including phenoxy) is 2. The molecule has 2 rings (SSSR count). The van der Waals surface area contributed by atoms with Gasteiger partial charge < -0.3 is 9.47 Å². The van der Waals surface area contributed by atoms with E-state index in [9.17, 15) is 0 Å². The van der Waals surface area contributed by atoms with Crippen molar-refractivity contribution in [3.8, 4) is 5.75 Å². The Hall–Kier alpha value is -2.01. The monoisotopic (exact) mass is 544 g/mol. The molecule has 172 valence electrons. The third kappa shape index (κ3) is 7.54. The largest absolute Gasteiger partial charge is 0.488 e. The fourth-order valence-corrected chi connectivity index (χ4v) is 4.14. The molecule has 0 aliphatic carbocycles. The van der Waals surface area contributed by atoms with Gasteiger partial charge in [-0.1, -0.05) is 74.5 Å². The zero-order valence-corrected chi connectivity index (χ0v) is 22.5. The highest BCUT2D eigenvalue weighted by Gasteiger charge is 2.22. The lowest BCUT2D eigenvalue weighted by Crippen LogP contribution is -2.26. The fourth-order valence-electron chi connectivity index (χ4n) is 3.45. The van der Waals surface area contributed by atoms with Gasteiger partial charge in [0.05, 0.1) is 0 Å². The lowest BCUT2D eigenvalue weighted by atomic mass is 9.99. The van der Waals surface area contributed by atoms with Gasteiger partial charge in [0.2, 0.25) is 0 Å². The van der Waals surface area contributed by atoms with E-state index in [-0.39, 0.29) is 9.71 Å². The number of benzene rings is 2. The summed E-state index contributed by atoms with van der Waals surface area (Å²) in [7, 11) is 0. The topological polar surface area (TPSA) is 18.5 Å². The molecule has 0 fully saturated rings. The summed E-state index contributed by atoms with van der Waals surface area (Å²) in [5.41, 5.74) is 5.55. The summed E-state index contributed by atoms with van der Waals surface area (Å²) in [6, 6.07) is 16.7. The molecular weight excluding hydrogens is 507 g/mol. The summed E-state index contributed by atoms with van der Waals surface area (Å²) in [5.74, 6) is 1.85. The Morgan fingerprint density at radius 1 is 1.12 bits per heavy atom. The van der Waals surface area contributed by atoms with Gasteiger partial charge in [0, 0.05) is 5.56 Å². The Morgan fingerprint density at radius 2 is 1.78 bits per heavy atom. The first kappa shape index (κ1) is 26.2.